The number of esters is 2. The maximum Gasteiger partial charge on any atom is 0.599 e. The van der Waals surface area contributed by atoms with E-state index in [2.05, 4.69) is 10.6 Å². The lowest BCUT2D eigenvalue weighted by molar-refractivity contribution is -0.618. The van der Waals surface area contributed by atoms with Crippen molar-refractivity contribution in [2.45, 2.75) is 26.3 Å². The summed E-state index contributed by atoms with van der Waals surface area (Å²) in [4.78, 5) is 40.4. The number of carbonyl (C=O) groups excluding carboxylic acids is 2. The van der Waals surface area contributed by atoms with Gasteiger partial charge in [0.1, 0.15) is 9.85 Å². The van der Waals surface area contributed by atoms with Crippen LogP contribution in [0.4, 0.5) is 0 Å². The topological polar surface area (TPSA) is 163 Å². The molecule has 1 fully saturated rings. The fraction of sp³-hybridized carbons (Fsp3) is 0.500. The van der Waals surface area contributed by atoms with Crippen LogP contribution in [0.15, 0.2) is 11.6 Å². The third-order valence-corrected chi connectivity index (χ3v) is 2.00. The van der Waals surface area contributed by atoms with Crippen LogP contribution in [-0.2, 0) is 19.1 Å². The van der Waals surface area contributed by atoms with Crippen LogP contribution in [0.3, 0.4) is 0 Å². The standard InChI is InChI=1S/C8H10N4O8/c1-3(13)19-6-7(20-4(2)14)10-5(9-6)8(11(15)16)12(17)18/h6-7,9-10H,1-2H3. The van der Waals surface area contributed by atoms with Gasteiger partial charge < -0.3 is 20.1 Å². The molecule has 0 aromatic heterocycles. The lowest BCUT2D eigenvalue weighted by Crippen LogP contribution is -2.40. The quantitative estimate of drug-likeness (QED) is 0.359. The van der Waals surface area contributed by atoms with Crippen molar-refractivity contribution in [2.24, 2.45) is 0 Å². The summed E-state index contributed by atoms with van der Waals surface area (Å²) in [5.74, 6) is -3.56. The highest BCUT2D eigenvalue weighted by Gasteiger charge is 2.44. The van der Waals surface area contributed by atoms with E-state index in [1.54, 1.807) is 0 Å². The Morgan fingerprint density at radius 2 is 1.35 bits per heavy atom. The van der Waals surface area contributed by atoms with E-state index in [0.29, 0.717) is 0 Å². The predicted octanol–water partition coefficient (Wildman–Crippen LogP) is -1.36. The first-order valence-corrected chi connectivity index (χ1v) is 5.13. The Morgan fingerprint density at radius 1 is 1.00 bits per heavy atom. The van der Waals surface area contributed by atoms with Gasteiger partial charge in [0.25, 0.3) is 5.82 Å². The van der Waals surface area contributed by atoms with Gasteiger partial charge in [0.2, 0.25) is 12.5 Å². The number of carbonyl (C=O) groups is 2. The van der Waals surface area contributed by atoms with Crippen molar-refractivity contribution in [1.82, 2.24) is 10.6 Å². The lowest BCUT2D eigenvalue weighted by atomic mass is 10.5. The molecule has 1 saturated heterocycles. The number of nitrogens with zero attached hydrogens (tertiary/aromatic N) is 2. The summed E-state index contributed by atoms with van der Waals surface area (Å²) in [6.07, 6.45) is -2.64. The smallest absolute Gasteiger partial charge is 0.436 e. The Kier molecular flexibility index (Phi) is 4.40. The molecule has 1 heterocycles. The maximum absolute atomic E-state index is 10.9. The van der Waals surface area contributed by atoms with Crippen LogP contribution in [0.1, 0.15) is 13.8 Å². The minimum atomic E-state index is -1.39. The summed E-state index contributed by atoms with van der Waals surface area (Å²) < 4.78 is 9.39. The molecular weight excluding hydrogens is 280 g/mol. The van der Waals surface area contributed by atoms with Gasteiger partial charge in [-0.15, -0.1) is 0 Å². The molecule has 0 aliphatic carbocycles. The van der Waals surface area contributed by atoms with Crippen molar-refractivity contribution in [2.75, 3.05) is 0 Å². The molecular formula is C8H10N4O8. The number of ether oxygens (including phenoxy) is 2. The van der Waals surface area contributed by atoms with Crippen molar-refractivity contribution in [3.8, 4) is 0 Å². The van der Waals surface area contributed by atoms with E-state index >= 15 is 0 Å². The zero-order valence-electron chi connectivity index (χ0n) is 10.3. The summed E-state index contributed by atoms with van der Waals surface area (Å²) in [6.45, 7) is 2.10. The Bertz CT molecular complexity index is 459. The van der Waals surface area contributed by atoms with Crippen molar-refractivity contribution < 1.29 is 28.9 Å². The van der Waals surface area contributed by atoms with E-state index in [0.717, 1.165) is 13.8 Å². The summed E-state index contributed by atoms with van der Waals surface area (Å²) in [6, 6.07) is 0. The van der Waals surface area contributed by atoms with E-state index in [1.165, 1.54) is 0 Å². The molecule has 0 amide bonds. The first-order chi connectivity index (χ1) is 9.22. The predicted molar refractivity (Wildman–Crippen MR) is 58.4 cm³/mol. The highest BCUT2D eigenvalue weighted by Crippen LogP contribution is 2.14. The number of hydrogen-bond donors (Lipinski definition) is 2. The normalized spacial score (nSPS) is 20.4. The minimum absolute atomic E-state index is 0.627. The highest BCUT2D eigenvalue weighted by atomic mass is 16.7. The molecule has 1 aliphatic heterocycles. The third-order valence-electron chi connectivity index (χ3n) is 2.00. The first kappa shape index (κ1) is 15.1. The summed E-state index contributed by atoms with van der Waals surface area (Å²) >= 11 is 0. The van der Waals surface area contributed by atoms with E-state index in [-0.39, 0.29) is 0 Å². The fourth-order valence-electron chi connectivity index (χ4n) is 1.40. The zero-order valence-corrected chi connectivity index (χ0v) is 10.3. The molecule has 12 nitrogen and oxygen atoms in total. The molecule has 0 bridgehead atoms. The van der Waals surface area contributed by atoms with Crippen molar-refractivity contribution in [3.63, 3.8) is 0 Å². The average Bonchev–Trinajstić information content (AvgIpc) is 2.57. The van der Waals surface area contributed by atoms with Crippen LogP contribution >= 0.6 is 0 Å². The largest absolute Gasteiger partial charge is 0.599 e. The fourth-order valence-corrected chi connectivity index (χ4v) is 1.40. The van der Waals surface area contributed by atoms with Crippen LogP contribution in [0.25, 0.3) is 0 Å². The van der Waals surface area contributed by atoms with E-state index < -0.39 is 45.9 Å². The molecule has 0 spiro atoms. The van der Waals surface area contributed by atoms with Crippen molar-refractivity contribution in [3.05, 3.63) is 31.9 Å². The second kappa shape index (κ2) is 5.81. The van der Waals surface area contributed by atoms with Crippen LogP contribution in [0.5, 0.6) is 0 Å². The summed E-state index contributed by atoms with van der Waals surface area (Å²) in [7, 11) is 0. The van der Waals surface area contributed by atoms with Gasteiger partial charge in [-0.1, -0.05) is 0 Å². The molecule has 0 radical (unpaired) electrons. The molecule has 2 N–H and O–H groups in total. The van der Waals surface area contributed by atoms with Gasteiger partial charge in [-0.25, -0.2) is 0 Å². The molecule has 2 atom stereocenters. The SMILES string of the molecule is CC(=O)OC1NC(=C([N+](=O)[O-])[N+](=O)[O-])NC1OC(C)=O. The van der Waals surface area contributed by atoms with Gasteiger partial charge in [0.15, 0.2) is 0 Å². The second-order valence-electron chi connectivity index (χ2n) is 3.56. The van der Waals surface area contributed by atoms with Crippen molar-refractivity contribution >= 4 is 11.9 Å². The molecule has 1 aliphatic rings. The number of nitro groups is 2. The Labute approximate surface area is 111 Å². The summed E-state index contributed by atoms with van der Waals surface area (Å²) in [5.41, 5.74) is 0. The lowest BCUT2D eigenvalue weighted by Gasteiger charge is -2.17. The van der Waals surface area contributed by atoms with E-state index in [4.69, 9.17) is 9.47 Å². The number of rotatable bonds is 4. The highest BCUT2D eigenvalue weighted by molar-refractivity contribution is 5.67. The van der Waals surface area contributed by atoms with Crippen LogP contribution in [0, 0.1) is 20.2 Å². The monoisotopic (exact) mass is 290 g/mol. The number of nitrogens with one attached hydrogen (secondary N) is 2. The maximum atomic E-state index is 10.9. The molecule has 0 saturated carbocycles. The Hall–Kier alpha value is -2.92. The van der Waals surface area contributed by atoms with Gasteiger partial charge in [0.05, 0.1) is 0 Å². The van der Waals surface area contributed by atoms with Gasteiger partial charge in [-0.2, -0.15) is 0 Å². The molecule has 2 unspecified atom stereocenters. The van der Waals surface area contributed by atoms with Gasteiger partial charge in [-0.3, -0.25) is 29.8 Å². The third kappa shape index (κ3) is 3.54. The van der Waals surface area contributed by atoms with Crippen molar-refractivity contribution in [1.29, 1.82) is 0 Å². The Morgan fingerprint density at radius 3 is 1.60 bits per heavy atom. The Balaban J connectivity index is 3.07. The summed E-state index contributed by atoms with van der Waals surface area (Å²) in [5, 5.41) is 25.6. The van der Waals surface area contributed by atoms with E-state index in [1.807, 2.05) is 0 Å². The minimum Gasteiger partial charge on any atom is -0.436 e. The molecule has 0 aromatic rings. The zero-order chi connectivity index (χ0) is 15.4. The van der Waals surface area contributed by atoms with Gasteiger partial charge >= 0.3 is 17.8 Å². The molecule has 110 valence electrons. The number of hydrogen-bond acceptors (Lipinski definition) is 10. The van der Waals surface area contributed by atoms with Gasteiger partial charge in [-0.05, 0) is 0 Å². The van der Waals surface area contributed by atoms with E-state index in [9.17, 15) is 29.8 Å². The van der Waals surface area contributed by atoms with Crippen LogP contribution in [-0.4, -0.2) is 34.2 Å². The average molecular weight is 290 g/mol. The van der Waals surface area contributed by atoms with Crippen LogP contribution in [0.2, 0.25) is 0 Å². The molecule has 0 aromatic carbocycles. The first-order valence-electron chi connectivity index (χ1n) is 5.13. The molecule has 1 rings (SSSR count). The van der Waals surface area contributed by atoms with Crippen LogP contribution < -0.4 is 10.6 Å². The molecule has 20 heavy (non-hydrogen) atoms. The van der Waals surface area contributed by atoms with Gasteiger partial charge in [0, 0.05) is 13.8 Å². The second-order valence-corrected chi connectivity index (χ2v) is 3.56. The molecule has 12 heteroatoms.